The van der Waals surface area contributed by atoms with Gasteiger partial charge in [-0.05, 0) is 44.6 Å². The van der Waals surface area contributed by atoms with E-state index in [4.69, 9.17) is 0 Å². The molecule has 0 aromatic carbocycles. The Balaban J connectivity index is 1.91. The fourth-order valence-corrected chi connectivity index (χ4v) is 2.96. The summed E-state index contributed by atoms with van der Waals surface area (Å²) in [4.78, 5) is 2.65. The topological polar surface area (TPSA) is 3.24 Å². The van der Waals surface area contributed by atoms with Crippen LogP contribution in [0.15, 0.2) is 11.6 Å². The van der Waals surface area contributed by atoms with Gasteiger partial charge in [0.1, 0.15) is 0 Å². The van der Waals surface area contributed by atoms with E-state index >= 15 is 0 Å². The summed E-state index contributed by atoms with van der Waals surface area (Å²) in [7, 11) is 2.34. The van der Waals surface area contributed by atoms with Gasteiger partial charge in [-0.2, -0.15) is 0 Å². The largest absolute Gasteiger partial charge is 0.300 e. The van der Waals surface area contributed by atoms with Gasteiger partial charge >= 0.3 is 0 Å². The maximum absolute atomic E-state index is 2.65. The Morgan fingerprint density at radius 1 is 1.12 bits per heavy atom. The molecule has 0 spiro atoms. The van der Waals surface area contributed by atoms with E-state index in [2.05, 4.69) is 38.8 Å². The van der Waals surface area contributed by atoms with E-state index < -0.39 is 0 Å². The molecule has 0 heterocycles. The van der Waals surface area contributed by atoms with Gasteiger partial charge in [0.25, 0.3) is 0 Å². The minimum Gasteiger partial charge on any atom is -0.300 e. The second kappa shape index (κ2) is 4.52. The Hall–Kier alpha value is -0.300. The number of rotatable bonds is 2. The van der Waals surface area contributed by atoms with Gasteiger partial charge in [0.15, 0.2) is 0 Å². The Labute approximate surface area is 101 Å². The second-order valence-corrected chi connectivity index (χ2v) is 6.66. The van der Waals surface area contributed by atoms with Gasteiger partial charge in [0, 0.05) is 12.1 Å². The molecule has 1 atom stereocenters. The first-order chi connectivity index (χ1) is 7.48. The van der Waals surface area contributed by atoms with Crippen molar-refractivity contribution >= 4 is 0 Å². The monoisotopic (exact) mass is 221 g/mol. The maximum atomic E-state index is 2.65. The number of allylic oxidation sites excluding steroid dienone is 1. The average Bonchev–Trinajstić information content (AvgIpc) is 2.14. The van der Waals surface area contributed by atoms with Crippen LogP contribution in [0.5, 0.6) is 0 Å². The van der Waals surface area contributed by atoms with Crippen LogP contribution in [-0.2, 0) is 0 Å². The third kappa shape index (κ3) is 2.51. The van der Waals surface area contributed by atoms with E-state index in [9.17, 15) is 0 Å². The molecule has 0 N–H and O–H groups in total. The Kier molecular flexibility index (Phi) is 3.44. The van der Waals surface area contributed by atoms with E-state index in [1.165, 1.54) is 38.5 Å². The lowest BCUT2D eigenvalue weighted by atomic mass is 9.78. The number of hydrogen-bond acceptors (Lipinski definition) is 1. The standard InChI is InChI=1S/C15H27N/c1-15(2,3)12-8-10-14(11-9-12)16(4)13-6-5-7-13/h8,13-14H,5-7,9-11H2,1-4H3. The normalized spacial score (nSPS) is 27.8. The first-order valence-corrected chi connectivity index (χ1v) is 6.90. The number of nitrogens with zero attached hydrogens (tertiary/aromatic N) is 1. The van der Waals surface area contributed by atoms with Crippen molar-refractivity contribution in [3.8, 4) is 0 Å². The molecule has 1 fully saturated rings. The molecule has 0 bridgehead atoms. The fourth-order valence-electron chi connectivity index (χ4n) is 2.96. The summed E-state index contributed by atoms with van der Waals surface area (Å²) in [5.74, 6) is 0. The molecule has 1 unspecified atom stereocenters. The van der Waals surface area contributed by atoms with Crippen molar-refractivity contribution in [3.05, 3.63) is 11.6 Å². The van der Waals surface area contributed by atoms with Crippen LogP contribution in [0.3, 0.4) is 0 Å². The van der Waals surface area contributed by atoms with Crippen LogP contribution >= 0.6 is 0 Å². The zero-order valence-electron chi connectivity index (χ0n) is 11.4. The van der Waals surface area contributed by atoms with Gasteiger partial charge in [-0.15, -0.1) is 0 Å². The van der Waals surface area contributed by atoms with Crippen LogP contribution in [-0.4, -0.2) is 24.0 Å². The lowest BCUT2D eigenvalue weighted by Crippen LogP contribution is -2.44. The van der Waals surface area contributed by atoms with Crippen molar-refractivity contribution in [1.29, 1.82) is 0 Å². The van der Waals surface area contributed by atoms with Crippen LogP contribution < -0.4 is 0 Å². The Bertz CT molecular complexity index is 268. The van der Waals surface area contributed by atoms with Crippen LogP contribution in [0.1, 0.15) is 59.3 Å². The van der Waals surface area contributed by atoms with Crippen molar-refractivity contribution in [2.45, 2.75) is 71.4 Å². The Morgan fingerprint density at radius 3 is 2.19 bits per heavy atom. The fraction of sp³-hybridized carbons (Fsp3) is 0.867. The summed E-state index contributed by atoms with van der Waals surface area (Å²) in [5.41, 5.74) is 2.06. The highest BCUT2D eigenvalue weighted by Crippen LogP contribution is 2.36. The zero-order chi connectivity index (χ0) is 11.8. The first-order valence-electron chi connectivity index (χ1n) is 6.90. The van der Waals surface area contributed by atoms with Crippen LogP contribution in [0.4, 0.5) is 0 Å². The smallest absolute Gasteiger partial charge is 0.0133 e. The molecule has 0 aromatic heterocycles. The highest BCUT2D eigenvalue weighted by molar-refractivity contribution is 5.15. The molecule has 1 nitrogen and oxygen atoms in total. The molecule has 1 heteroatoms. The summed E-state index contributed by atoms with van der Waals surface area (Å²) in [6, 6.07) is 1.71. The van der Waals surface area contributed by atoms with Gasteiger partial charge in [-0.25, -0.2) is 0 Å². The minimum absolute atomic E-state index is 0.389. The molecular formula is C15H27N. The summed E-state index contributed by atoms with van der Waals surface area (Å²) < 4.78 is 0. The van der Waals surface area contributed by atoms with Crippen molar-refractivity contribution in [2.75, 3.05) is 7.05 Å². The van der Waals surface area contributed by atoms with E-state index in [0.29, 0.717) is 5.41 Å². The molecule has 0 amide bonds. The van der Waals surface area contributed by atoms with Crippen LogP contribution in [0.2, 0.25) is 0 Å². The predicted octanol–water partition coefficient (Wildman–Crippen LogP) is 4.00. The summed E-state index contributed by atoms with van der Waals surface area (Å²) in [5, 5.41) is 0. The van der Waals surface area contributed by atoms with E-state index in [-0.39, 0.29) is 0 Å². The maximum Gasteiger partial charge on any atom is 0.0133 e. The van der Waals surface area contributed by atoms with Gasteiger partial charge in [0.05, 0.1) is 0 Å². The molecule has 0 aromatic rings. The highest BCUT2D eigenvalue weighted by Gasteiger charge is 2.30. The Morgan fingerprint density at radius 2 is 1.81 bits per heavy atom. The lowest BCUT2D eigenvalue weighted by molar-refractivity contribution is 0.102. The van der Waals surface area contributed by atoms with E-state index in [1.807, 2.05) is 0 Å². The quantitative estimate of drug-likeness (QED) is 0.637. The van der Waals surface area contributed by atoms with Gasteiger partial charge < -0.3 is 4.90 Å². The average molecular weight is 221 g/mol. The molecule has 2 aliphatic rings. The van der Waals surface area contributed by atoms with Crippen molar-refractivity contribution < 1.29 is 0 Å². The summed E-state index contributed by atoms with van der Waals surface area (Å²) >= 11 is 0. The molecule has 2 aliphatic carbocycles. The lowest BCUT2D eigenvalue weighted by Gasteiger charge is -2.42. The summed E-state index contributed by atoms with van der Waals surface area (Å²) in [6.07, 6.45) is 10.8. The minimum atomic E-state index is 0.389. The SMILES string of the molecule is CN(C1CC=C(C(C)(C)C)CC1)C1CCC1. The first kappa shape index (κ1) is 12.2. The predicted molar refractivity (Wildman–Crippen MR) is 70.6 cm³/mol. The van der Waals surface area contributed by atoms with Crippen molar-refractivity contribution in [3.63, 3.8) is 0 Å². The summed E-state index contributed by atoms with van der Waals surface area (Å²) in [6.45, 7) is 7.03. The van der Waals surface area contributed by atoms with E-state index in [0.717, 1.165) is 12.1 Å². The molecular weight excluding hydrogens is 194 g/mol. The zero-order valence-corrected chi connectivity index (χ0v) is 11.4. The molecule has 0 saturated heterocycles. The van der Waals surface area contributed by atoms with Crippen molar-refractivity contribution in [2.24, 2.45) is 5.41 Å². The second-order valence-electron chi connectivity index (χ2n) is 6.66. The van der Waals surface area contributed by atoms with Gasteiger partial charge in [-0.3, -0.25) is 0 Å². The third-order valence-corrected chi connectivity index (χ3v) is 4.57. The number of hydrogen-bond donors (Lipinski definition) is 0. The molecule has 0 radical (unpaired) electrons. The molecule has 0 aliphatic heterocycles. The van der Waals surface area contributed by atoms with Gasteiger partial charge in [0.2, 0.25) is 0 Å². The molecule has 16 heavy (non-hydrogen) atoms. The van der Waals surface area contributed by atoms with Gasteiger partial charge in [-0.1, -0.05) is 38.8 Å². The third-order valence-electron chi connectivity index (χ3n) is 4.57. The van der Waals surface area contributed by atoms with E-state index in [1.54, 1.807) is 5.57 Å². The van der Waals surface area contributed by atoms with Crippen LogP contribution in [0.25, 0.3) is 0 Å². The molecule has 2 rings (SSSR count). The van der Waals surface area contributed by atoms with Crippen LogP contribution in [0, 0.1) is 5.41 Å². The molecule has 92 valence electrons. The van der Waals surface area contributed by atoms with Crippen molar-refractivity contribution in [1.82, 2.24) is 4.90 Å². The molecule has 1 saturated carbocycles. The highest BCUT2D eigenvalue weighted by atomic mass is 15.2.